The maximum atomic E-state index is 2.50. The molecular weight excluding hydrogens is 168 g/mol. The highest BCUT2D eigenvalue weighted by atomic mass is 14.1. The molecule has 0 saturated carbocycles. The lowest BCUT2D eigenvalue weighted by molar-refractivity contribution is 0.581. The minimum atomic E-state index is 1.26. The van der Waals surface area contributed by atoms with Crippen LogP contribution in [0.2, 0.25) is 0 Å². The van der Waals surface area contributed by atoms with Crippen LogP contribution in [0.4, 0.5) is 0 Å². The molecular formula is C14H22. The van der Waals surface area contributed by atoms with Gasteiger partial charge in [-0.25, -0.2) is 0 Å². The van der Waals surface area contributed by atoms with Crippen LogP contribution >= 0.6 is 0 Å². The van der Waals surface area contributed by atoms with Gasteiger partial charge in [0, 0.05) is 0 Å². The lowest BCUT2D eigenvalue weighted by Gasteiger charge is -2.15. The van der Waals surface area contributed by atoms with Crippen molar-refractivity contribution in [2.75, 3.05) is 0 Å². The van der Waals surface area contributed by atoms with Crippen molar-refractivity contribution in [1.29, 1.82) is 0 Å². The van der Waals surface area contributed by atoms with Crippen LogP contribution in [-0.2, 0) is 0 Å². The van der Waals surface area contributed by atoms with E-state index >= 15 is 0 Å². The third kappa shape index (κ3) is 3.01. The normalized spacial score (nSPS) is 24.6. The Morgan fingerprint density at radius 1 is 0.571 bits per heavy atom. The van der Waals surface area contributed by atoms with Crippen LogP contribution in [0, 0.1) is 0 Å². The molecule has 0 aromatic heterocycles. The summed E-state index contributed by atoms with van der Waals surface area (Å²) < 4.78 is 0. The van der Waals surface area contributed by atoms with Crippen LogP contribution in [0.3, 0.4) is 0 Å². The van der Waals surface area contributed by atoms with E-state index in [1.807, 2.05) is 0 Å². The van der Waals surface area contributed by atoms with Gasteiger partial charge in [0.15, 0.2) is 0 Å². The lowest BCUT2D eigenvalue weighted by atomic mass is 9.91. The first-order valence-electron chi connectivity index (χ1n) is 6.31. The molecule has 78 valence electrons. The SMILES string of the molecule is C1=C2CC=C(C1)CCCCCCCC2. The zero-order chi connectivity index (χ0) is 9.64. The quantitative estimate of drug-likeness (QED) is 0.483. The third-order valence-electron chi connectivity index (χ3n) is 3.55. The summed E-state index contributed by atoms with van der Waals surface area (Å²) in [6.45, 7) is 0. The Morgan fingerprint density at radius 2 is 1.00 bits per heavy atom. The summed E-state index contributed by atoms with van der Waals surface area (Å²) in [5.74, 6) is 0. The summed E-state index contributed by atoms with van der Waals surface area (Å²) in [6, 6.07) is 0. The average Bonchev–Trinajstić information content (AvgIpc) is 2.20. The van der Waals surface area contributed by atoms with E-state index in [1.54, 1.807) is 11.1 Å². The molecule has 2 bridgehead atoms. The van der Waals surface area contributed by atoms with Gasteiger partial charge in [-0.2, -0.15) is 0 Å². The van der Waals surface area contributed by atoms with Crippen molar-refractivity contribution in [3.05, 3.63) is 23.3 Å². The molecule has 0 atom stereocenters. The van der Waals surface area contributed by atoms with Crippen LogP contribution in [0.5, 0.6) is 0 Å². The van der Waals surface area contributed by atoms with Gasteiger partial charge in [-0.15, -0.1) is 0 Å². The van der Waals surface area contributed by atoms with E-state index in [2.05, 4.69) is 12.2 Å². The second-order valence-electron chi connectivity index (χ2n) is 4.75. The van der Waals surface area contributed by atoms with Gasteiger partial charge >= 0.3 is 0 Å². The highest BCUT2D eigenvalue weighted by molar-refractivity contribution is 5.21. The molecule has 0 amide bonds. The number of hydrogen-bond donors (Lipinski definition) is 0. The van der Waals surface area contributed by atoms with Crippen LogP contribution in [0.25, 0.3) is 0 Å². The molecule has 14 heavy (non-hydrogen) atoms. The van der Waals surface area contributed by atoms with Gasteiger partial charge in [-0.1, -0.05) is 49.0 Å². The van der Waals surface area contributed by atoms with E-state index < -0.39 is 0 Å². The molecule has 0 fully saturated rings. The zero-order valence-electron chi connectivity index (χ0n) is 9.23. The molecule has 0 spiro atoms. The zero-order valence-corrected chi connectivity index (χ0v) is 9.23. The fourth-order valence-electron chi connectivity index (χ4n) is 2.54. The van der Waals surface area contributed by atoms with Crippen molar-refractivity contribution >= 4 is 0 Å². The second-order valence-corrected chi connectivity index (χ2v) is 4.75. The standard InChI is InChI=1S/C14H22/c1-2-4-6-8-14-11-9-13(10-12-14)7-5-3-1/h9,12H,1-8,10-11H2. The summed E-state index contributed by atoms with van der Waals surface area (Å²) >= 11 is 0. The largest absolute Gasteiger partial charge is 0.0810 e. The van der Waals surface area contributed by atoms with E-state index in [4.69, 9.17) is 0 Å². The molecule has 0 unspecified atom stereocenters. The van der Waals surface area contributed by atoms with E-state index in [0.717, 1.165) is 0 Å². The van der Waals surface area contributed by atoms with Crippen molar-refractivity contribution in [3.63, 3.8) is 0 Å². The van der Waals surface area contributed by atoms with Crippen molar-refractivity contribution < 1.29 is 0 Å². The first-order chi connectivity index (χ1) is 6.95. The summed E-state index contributed by atoms with van der Waals surface area (Å²) in [7, 11) is 0. The van der Waals surface area contributed by atoms with E-state index in [1.165, 1.54) is 64.2 Å². The Balaban J connectivity index is 1.91. The maximum Gasteiger partial charge on any atom is -0.0136 e. The van der Waals surface area contributed by atoms with E-state index in [-0.39, 0.29) is 0 Å². The summed E-state index contributed by atoms with van der Waals surface area (Å²) in [5, 5.41) is 0. The molecule has 0 heteroatoms. The molecule has 0 radical (unpaired) electrons. The monoisotopic (exact) mass is 190 g/mol. The summed E-state index contributed by atoms with van der Waals surface area (Å²) in [5.41, 5.74) is 3.41. The lowest BCUT2D eigenvalue weighted by Crippen LogP contribution is -1.95. The summed E-state index contributed by atoms with van der Waals surface area (Å²) in [4.78, 5) is 0. The smallest absolute Gasteiger partial charge is 0.0136 e. The van der Waals surface area contributed by atoms with Gasteiger partial charge in [-0.05, 0) is 38.5 Å². The van der Waals surface area contributed by atoms with Crippen LogP contribution < -0.4 is 0 Å². The third-order valence-corrected chi connectivity index (χ3v) is 3.55. The van der Waals surface area contributed by atoms with Gasteiger partial charge in [0.25, 0.3) is 0 Å². The average molecular weight is 190 g/mol. The highest BCUT2D eigenvalue weighted by Crippen LogP contribution is 2.26. The van der Waals surface area contributed by atoms with Gasteiger partial charge in [0.2, 0.25) is 0 Å². The predicted octanol–water partition coefficient (Wildman–Crippen LogP) is 4.77. The van der Waals surface area contributed by atoms with Crippen molar-refractivity contribution in [3.8, 4) is 0 Å². The highest BCUT2D eigenvalue weighted by Gasteiger charge is 2.06. The predicted molar refractivity (Wildman–Crippen MR) is 62.3 cm³/mol. The minimum absolute atomic E-state index is 1.26. The minimum Gasteiger partial charge on any atom is -0.0810 e. The van der Waals surface area contributed by atoms with Gasteiger partial charge in [-0.3, -0.25) is 0 Å². The molecule has 0 nitrogen and oxygen atoms in total. The van der Waals surface area contributed by atoms with Crippen LogP contribution in [0.1, 0.15) is 64.2 Å². The van der Waals surface area contributed by atoms with Crippen LogP contribution in [0.15, 0.2) is 23.3 Å². The Hall–Kier alpha value is -0.520. The molecule has 3 aliphatic carbocycles. The Morgan fingerprint density at radius 3 is 1.43 bits per heavy atom. The van der Waals surface area contributed by atoms with Gasteiger partial charge in [0.05, 0.1) is 0 Å². The molecule has 0 aromatic rings. The molecule has 0 saturated heterocycles. The first-order valence-corrected chi connectivity index (χ1v) is 6.31. The molecule has 0 heterocycles. The van der Waals surface area contributed by atoms with E-state index in [0.29, 0.717) is 0 Å². The fraction of sp³-hybridized carbons (Fsp3) is 0.714. The van der Waals surface area contributed by atoms with Crippen LogP contribution in [-0.4, -0.2) is 0 Å². The summed E-state index contributed by atoms with van der Waals surface area (Å²) in [6.07, 6.45) is 18.9. The van der Waals surface area contributed by atoms with Crippen molar-refractivity contribution in [2.24, 2.45) is 0 Å². The number of hydrogen-bond acceptors (Lipinski definition) is 0. The Labute approximate surface area is 88.1 Å². The van der Waals surface area contributed by atoms with Crippen molar-refractivity contribution in [1.82, 2.24) is 0 Å². The first kappa shape index (κ1) is 10.0. The second kappa shape index (κ2) is 5.38. The number of allylic oxidation sites excluding steroid dienone is 4. The molecule has 0 N–H and O–H groups in total. The molecule has 0 aromatic carbocycles. The van der Waals surface area contributed by atoms with Gasteiger partial charge < -0.3 is 0 Å². The molecule has 3 rings (SSSR count). The molecule has 3 aliphatic rings. The Bertz CT molecular complexity index is 206. The fourth-order valence-corrected chi connectivity index (χ4v) is 2.54. The number of fused-ring (bicyclic) bond motifs is 9. The van der Waals surface area contributed by atoms with E-state index in [9.17, 15) is 0 Å². The maximum absolute atomic E-state index is 2.50. The van der Waals surface area contributed by atoms with Gasteiger partial charge in [0.1, 0.15) is 0 Å². The number of rotatable bonds is 0. The van der Waals surface area contributed by atoms with Crippen molar-refractivity contribution in [2.45, 2.75) is 64.2 Å². The topological polar surface area (TPSA) is 0 Å². The molecule has 0 aliphatic heterocycles. The Kier molecular flexibility index (Phi) is 3.85.